The summed E-state index contributed by atoms with van der Waals surface area (Å²) in [7, 11) is 0. The number of rotatable bonds is 5. The number of fused-ring (bicyclic) bond motifs is 1. The molecule has 2 aromatic carbocycles. The minimum atomic E-state index is -0.738. The first-order valence-electron chi connectivity index (χ1n) is 10.1. The quantitative estimate of drug-likeness (QED) is 0.446. The highest BCUT2D eigenvalue weighted by Crippen LogP contribution is 2.30. The molecule has 0 bridgehead atoms. The summed E-state index contributed by atoms with van der Waals surface area (Å²) in [4.78, 5) is 24.4. The first-order chi connectivity index (χ1) is 14.1. The summed E-state index contributed by atoms with van der Waals surface area (Å²) in [5.74, 6) is 0.0930. The van der Waals surface area contributed by atoms with E-state index >= 15 is 0 Å². The third-order valence-electron chi connectivity index (χ3n) is 5.28. The van der Waals surface area contributed by atoms with Crippen molar-refractivity contribution in [2.24, 2.45) is 0 Å². The van der Waals surface area contributed by atoms with Crippen molar-refractivity contribution in [2.45, 2.75) is 51.2 Å². The van der Waals surface area contributed by atoms with Gasteiger partial charge in [0.15, 0.2) is 6.10 Å². The van der Waals surface area contributed by atoms with E-state index in [9.17, 15) is 9.59 Å². The molecule has 150 valence electrons. The Bertz CT molecular complexity index is 1050. The van der Waals surface area contributed by atoms with Crippen LogP contribution in [-0.4, -0.2) is 18.2 Å². The molecule has 1 fully saturated rings. The van der Waals surface area contributed by atoms with Crippen LogP contribution in [0.5, 0.6) is 5.75 Å². The zero-order chi connectivity index (χ0) is 20.2. The summed E-state index contributed by atoms with van der Waals surface area (Å²) in [6.07, 6.45) is 4.49. The van der Waals surface area contributed by atoms with Crippen molar-refractivity contribution in [1.82, 2.24) is 0 Å². The van der Waals surface area contributed by atoms with Gasteiger partial charge in [0.2, 0.25) is 0 Å². The molecule has 0 N–H and O–H groups in total. The Morgan fingerprint density at radius 1 is 1.03 bits per heavy atom. The largest absolute Gasteiger partial charge is 0.479 e. The van der Waals surface area contributed by atoms with Crippen LogP contribution in [0.25, 0.3) is 22.1 Å². The zero-order valence-corrected chi connectivity index (χ0v) is 16.4. The molecule has 5 heteroatoms. The number of carbonyl (C=O) groups excluding carboxylic acids is 1. The maximum Gasteiger partial charge on any atom is 0.347 e. The highest BCUT2D eigenvalue weighted by molar-refractivity contribution is 5.93. The van der Waals surface area contributed by atoms with Gasteiger partial charge in [0.05, 0.1) is 0 Å². The average Bonchev–Trinajstić information content (AvgIpc) is 2.74. The monoisotopic (exact) mass is 392 g/mol. The molecule has 1 unspecified atom stereocenters. The molecule has 0 spiro atoms. The first kappa shape index (κ1) is 19.2. The molecule has 29 heavy (non-hydrogen) atoms. The predicted molar refractivity (Wildman–Crippen MR) is 111 cm³/mol. The number of benzene rings is 2. The van der Waals surface area contributed by atoms with Crippen LogP contribution < -0.4 is 10.4 Å². The third kappa shape index (κ3) is 4.50. The Kier molecular flexibility index (Phi) is 5.65. The molecule has 1 saturated carbocycles. The van der Waals surface area contributed by atoms with Crippen molar-refractivity contribution in [2.75, 3.05) is 0 Å². The summed E-state index contributed by atoms with van der Waals surface area (Å²) >= 11 is 0. The van der Waals surface area contributed by atoms with Gasteiger partial charge in [-0.2, -0.15) is 0 Å². The summed E-state index contributed by atoms with van der Waals surface area (Å²) < 4.78 is 16.7. The number of esters is 1. The van der Waals surface area contributed by atoms with Gasteiger partial charge in [-0.05, 0) is 55.9 Å². The van der Waals surface area contributed by atoms with Crippen molar-refractivity contribution in [1.29, 1.82) is 0 Å². The minimum absolute atomic E-state index is 0.00893. The van der Waals surface area contributed by atoms with Crippen LogP contribution in [0.4, 0.5) is 0 Å². The van der Waals surface area contributed by atoms with E-state index in [1.54, 1.807) is 19.1 Å². The fourth-order valence-electron chi connectivity index (χ4n) is 3.77. The van der Waals surface area contributed by atoms with Crippen molar-refractivity contribution in [3.05, 3.63) is 65.0 Å². The molecule has 4 rings (SSSR count). The van der Waals surface area contributed by atoms with Crippen LogP contribution >= 0.6 is 0 Å². The molecular weight excluding hydrogens is 368 g/mol. The number of hydrogen-bond acceptors (Lipinski definition) is 5. The predicted octanol–water partition coefficient (Wildman–Crippen LogP) is 5.10. The lowest BCUT2D eigenvalue weighted by atomic mass is 9.98. The topological polar surface area (TPSA) is 65.7 Å². The molecule has 0 aliphatic heterocycles. The van der Waals surface area contributed by atoms with Gasteiger partial charge in [-0.25, -0.2) is 9.59 Å². The molecule has 1 aromatic heterocycles. The first-order valence-corrected chi connectivity index (χ1v) is 10.1. The second kappa shape index (κ2) is 8.52. The Hall–Kier alpha value is -3.08. The van der Waals surface area contributed by atoms with E-state index in [4.69, 9.17) is 13.9 Å². The molecule has 3 aromatic rings. The lowest BCUT2D eigenvalue weighted by Crippen LogP contribution is -2.31. The van der Waals surface area contributed by atoms with Gasteiger partial charge in [-0.15, -0.1) is 0 Å². The second-order valence-electron chi connectivity index (χ2n) is 7.46. The van der Waals surface area contributed by atoms with Crippen molar-refractivity contribution in [3.8, 4) is 16.9 Å². The number of ether oxygens (including phenoxy) is 2. The van der Waals surface area contributed by atoms with Gasteiger partial charge < -0.3 is 13.9 Å². The maximum absolute atomic E-state index is 12.4. The van der Waals surface area contributed by atoms with Gasteiger partial charge in [-0.3, -0.25) is 0 Å². The van der Waals surface area contributed by atoms with Crippen LogP contribution in [0.15, 0.2) is 63.8 Å². The fourth-order valence-corrected chi connectivity index (χ4v) is 3.77. The standard InChI is InChI=1S/C24H24O5/c1-16(24(26)28-18-10-6-3-7-11-18)27-19-12-13-20-21(17-8-4-2-5-9-17)15-23(25)29-22(20)14-19/h2,4-5,8-9,12-16,18H,3,6-7,10-11H2,1H3. The Morgan fingerprint density at radius 2 is 1.79 bits per heavy atom. The van der Waals surface area contributed by atoms with Crippen LogP contribution in [0.2, 0.25) is 0 Å². The summed E-state index contributed by atoms with van der Waals surface area (Å²) in [6, 6.07) is 16.4. The van der Waals surface area contributed by atoms with Crippen molar-refractivity contribution in [3.63, 3.8) is 0 Å². The van der Waals surface area contributed by atoms with Crippen LogP contribution in [0.1, 0.15) is 39.0 Å². The smallest absolute Gasteiger partial charge is 0.347 e. The zero-order valence-electron chi connectivity index (χ0n) is 16.4. The Labute approximate surface area is 169 Å². The normalized spacial score (nSPS) is 15.8. The number of hydrogen-bond donors (Lipinski definition) is 0. The lowest BCUT2D eigenvalue weighted by molar-refractivity contribution is -0.158. The molecule has 1 aliphatic rings. The molecule has 5 nitrogen and oxygen atoms in total. The Morgan fingerprint density at radius 3 is 2.55 bits per heavy atom. The molecule has 1 heterocycles. The van der Waals surface area contributed by atoms with E-state index in [0.29, 0.717) is 11.3 Å². The minimum Gasteiger partial charge on any atom is -0.479 e. The van der Waals surface area contributed by atoms with E-state index in [-0.39, 0.29) is 12.1 Å². The van der Waals surface area contributed by atoms with Gasteiger partial charge in [0.1, 0.15) is 17.4 Å². The molecule has 1 atom stereocenters. The van der Waals surface area contributed by atoms with Gasteiger partial charge in [0.25, 0.3) is 0 Å². The van der Waals surface area contributed by atoms with E-state index < -0.39 is 11.7 Å². The van der Waals surface area contributed by atoms with Gasteiger partial charge in [0, 0.05) is 17.5 Å². The lowest BCUT2D eigenvalue weighted by Gasteiger charge is -2.23. The second-order valence-corrected chi connectivity index (χ2v) is 7.46. The highest BCUT2D eigenvalue weighted by atomic mass is 16.6. The molecule has 0 radical (unpaired) electrons. The van der Waals surface area contributed by atoms with Crippen LogP contribution in [0, 0.1) is 0 Å². The van der Waals surface area contributed by atoms with E-state index in [2.05, 4.69) is 0 Å². The van der Waals surface area contributed by atoms with Crippen LogP contribution in [-0.2, 0) is 9.53 Å². The van der Waals surface area contributed by atoms with E-state index in [1.165, 1.54) is 12.5 Å². The summed E-state index contributed by atoms with van der Waals surface area (Å²) in [6.45, 7) is 1.67. The van der Waals surface area contributed by atoms with Crippen molar-refractivity contribution < 1.29 is 18.7 Å². The SMILES string of the molecule is CC(Oc1ccc2c(-c3ccccc3)cc(=O)oc2c1)C(=O)OC1CCCCC1. The third-order valence-corrected chi connectivity index (χ3v) is 5.28. The molecule has 0 amide bonds. The Balaban J connectivity index is 1.54. The van der Waals surface area contributed by atoms with Crippen molar-refractivity contribution >= 4 is 16.9 Å². The van der Waals surface area contributed by atoms with E-state index in [1.807, 2.05) is 36.4 Å². The highest BCUT2D eigenvalue weighted by Gasteiger charge is 2.23. The fraction of sp³-hybridized carbons (Fsp3) is 0.333. The molecule has 0 saturated heterocycles. The summed E-state index contributed by atoms with van der Waals surface area (Å²) in [5, 5.41) is 0.806. The average molecular weight is 392 g/mol. The summed E-state index contributed by atoms with van der Waals surface area (Å²) in [5.41, 5.74) is 1.72. The molecule has 1 aliphatic carbocycles. The van der Waals surface area contributed by atoms with E-state index in [0.717, 1.165) is 42.2 Å². The van der Waals surface area contributed by atoms with Gasteiger partial charge >= 0.3 is 11.6 Å². The van der Waals surface area contributed by atoms with Gasteiger partial charge in [-0.1, -0.05) is 36.8 Å². The number of carbonyl (C=O) groups is 1. The maximum atomic E-state index is 12.4. The van der Waals surface area contributed by atoms with Crippen LogP contribution in [0.3, 0.4) is 0 Å². The molecular formula is C24H24O5.